The van der Waals surface area contributed by atoms with Crippen LogP contribution in [0.4, 0.5) is 11.4 Å². The minimum atomic E-state index is 0.630. The van der Waals surface area contributed by atoms with Crippen molar-refractivity contribution in [3.8, 4) is 23.0 Å². The third-order valence-corrected chi connectivity index (χ3v) is 4.05. The van der Waals surface area contributed by atoms with E-state index in [1.807, 2.05) is 60.7 Å². The molecule has 4 N–H and O–H groups in total. The Labute approximate surface area is 151 Å². The lowest BCUT2D eigenvalue weighted by Crippen LogP contribution is -1.93. The second-order valence-corrected chi connectivity index (χ2v) is 5.96. The molecule has 0 saturated carbocycles. The van der Waals surface area contributed by atoms with Crippen molar-refractivity contribution in [1.82, 2.24) is 0 Å². The van der Waals surface area contributed by atoms with E-state index in [0.717, 1.165) is 10.8 Å². The summed E-state index contributed by atoms with van der Waals surface area (Å²) in [6.45, 7) is 0. The molecule has 0 heterocycles. The number of hydrogen-bond donors (Lipinski definition) is 2. The van der Waals surface area contributed by atoms with Crippen LogP contribution in [0.1, 0.15) is 0 Å². The second kappa shape index (κ2) is 6.69. The number of nitrogens with two attached hydrogens (primary N) is 2. The molecule has 0 aliphatic carbocycles. The molecule has 0 unspecified atom stereocenters. The molecule has 0 fully saturated rings. The molecule has 4 rings (SSSR count). The highest BCUT2D eigenvalue weighted by Crippen LogP contribution is 2.41. The van der Waals surface area contributed by atoms with E-state index in [-0.39, 0.29) is 0 Å². The summed E-state index contributed by atoms with van der Waals surface area (Å²) in [5.41, 5.74) is 12.9. The van der Waals surface area contributed by atoms with Gasteiger partial charge in [0.25, 0.3) is 0 Å². The fraction of sp³-hybridized carbons (Fsp3) is 0. The monoisotopic (exact) mass is 342 g/mol. The first-order chi connectivity index (χ1) is 12.7. The first-order valence-corrected chi connectivity index (χ1v) is 8.27. The van der Waals surface area contributed by atoms with Crippen LogP contribution in [0, 0.1) is 0 Å². The van der Waals surface area contributed by atoms with Crippen LogP contribution >= 0.6 is 0 Å². The normalized spacial score (nSPS) is 10.6. The van der Waals surface area contributed by atoms with E-state index < -0.39 is 0 Å². The number of fused-ring (bicyclic) bond motifs is 1. The highest BCUT2D eigenvalue weighted by Gasteiger charge is 2.12. The summed E-state index contributed by atoms with van der Waals surface area (Å²) in [4.78, 5) is 0. The van der Waals surface area contributed by atoms with Gasteiger partial charge in [-0.05, 0) is 60.0 Å². The summed E-state index contributed by atoms with van der Waals surface area (Å²) >= 11 is 0. The van der Waals surface area contributed by atoms with E-state index in [1.54, 1.807) is 24.3 Å². The molecule has 0 aromatic heterocycles. The molecule has 0 amide bonds. The van der Waals surface area contributed by atoms with Gasteiger partial charge >= 0.3 is 0 Å². The standard InChI is InChI=1S/C22H18N2O2/c23-16-6-10-18(11-7-16)25-21-14-5-15-3-1-2-4-20(15)22(21)26-19-12-8-17(24)9-13-19/h1-14H,23-24H2. The van der Waals surface area contributed by atoms with Crippen LogP contribution in [0.5, 0.6) is 23.0 Å². The molecule has 0 spiro atoms. The van der Waals surface area contributed by atoms with Crippen LogP contribution < -0.4 is 20.9 Å². The van der Waals surface area contributed by atoms with Crippen LogP contribution in [0.3, 0.4) is 0 Å². The van der Waals surface area contributed by atoms with Crippen molar-refractivity contribution in [1.29, 1.82) is 0 Å². The quantitative estimate of drug-likeness (QED) is 0.474. The summed E-state index contributed by atoms with van der Waals surface area (Å²) < 4.78 is 12.2. The lowest BCUT2D eigenvalue weighted by Gasteiger charge is -2.15. The predicted molar refractivity (Wildman–Crippen MR) is 106 cm³/mol. The average Bonchev–Trinajstić information content (AvgIpc) is 2.67. The smallest absolute Gasteiger partial charge is 0.177 e. The van der Waals surface area contributed by atoms with Crippen molar-refractivity contribution in [2.75, 3.05) is 11.5 Å². The highest BCUT2D eigenvalue weighted by atomic mass is 16.5. The lowest BCUT2D eigenvalue weighted by molar-refractivity contribution is 0.423. The molecule has 0 atom stereocenters. The van der Waals surface area contributed by atoms with Gasteiger partial charge in [0.05, 0.1) is 0 Å². The van der Waals surface area contributed by atoms with Gasteiger partial charge in [-0.1, -0.05) is 30.3 Å². The molecule has 0 radical (unpaired) electrons. The van der Waals surface area contributed by atoms with Crippen molar-refractivity contribution in [3.05, 3.63) is 84.9 Å². The van der Waals surface area contributed by atoms with Crippen molar-refractivity contribution in [2.45, 2.75) is 0 Å². The van der Waals surface area contributed by atoms with Crippen molar-refractivity contribution >= 4 is 22.1 Å². The summed E-state index contributed by atoms with van der Waals surface area (Å²) in [5, 5.41) is 2.04. The summed E-state index contributed by atoms with van der Waals surface area (Å²) in [5.74, 6) is 2.67. The zero-order valence-electron chi connectivity index (χ0n) is 14.1. The van der Waals surface area contributed by atoms with Crippen molar-refractivity contribution < 1.29 is 9.47 Å². The Kier molecular flexibility index (Phi) is 4.07. The van der Waals surface area contributed by atoms with Gasteiger partial charge in [0.1, 0.15) is 11.5 Å². The van der Waals surface area contributed by atoms with Crippen LogP contribution in [-0.2, 0) is 0 Å². The third-order valence-electron chi connectivity index (χ3n) is 4.05. The first-order valence-electron chi connectivity index (χ1n) is 8.27. The fourth-order valence-electron chi connectivity index (χ4n) is 2.73. The van der Waals surface area contributed by atoms with Crippen molar-refractivity contribution in [2.24, 2.45) is 0 Å². The second-order valence-electron chi connectivity index (χ2n) is 5.96. The molecule has 0 bridgehead atoms. The molecule has 0 aliphatic rings. The van der Waals surface area contributed by atoms with Gasteiger partial charge in [0.15, 0.2) is 11.5 Å². The minimum Gasteiger partial charge on any atom is -0.453 e. The maximum absolute atomic E-state index is 6.17. The number of benzene rings is 4. The summed E-state index contributed by atoms with van der Waals surface area (Å²) in [7, 11) is 0. The predicted octanol–water partition coefficient (Wildman–Crippen LogP) is 5.59. The number of nitrogen functional groups attached to an aromatic ring is 2. The summed E-state index contributed by atoms with van der Waals surface area (Å²) in [6, 6.07) is 26.5. The number of hydrogen-bond acceptors (Lipinski definition) is 4. The molecule has 4 heteroatoms. The third kappa shape index (κ3) is 3.26. The van der Waals surface area contributed by atoms with Gasteiger partial charge in [-0.25, -0.2) is 0 Å². The average molecular weight is 342 g/mol. The zero-order valence-corrected chi connectivity index (χ0v) is 14.1. The fourth-order valence-corrected chi connectivity index (χ4v) is 2.73. The van der Waals surface area contributed by atoms with E-state index >= 15 is 0 Å². The molecule has 0 saturated heterocycles. The molecular weight excluding hydrogens is 324 g/mol. The number of rotatable bonds is 4. The topological polar surface area (TPSA) is 70.5 Å². The molecule has 0 aliphatic heterocycles. The van der Waals surface area contributed by atoms with Gasteiger partial charge in [-0.15, -0.1) is 0 Å². The SMILES string of the molecule is Nc1ccc(Oc2ccc3ccccc3c2Oc2ccc(N)cc2)cc1. The molecule has 4 nitrogen and oxygen atoms in total. The Balaban J connectivity index is 1.78. The molecular formula is C22H18N2O2. The molecule has 26 heavy (non-hydrogen) atoms. The highest BCUT2D eigenvalue weighted by molar-refractivity contribution is 5.91. The van der Waals surface area contributed by atoms with Crippen LogP contribution in [0.25, 0.3) is 10.8 Å². The zero-order chi connectivity index (χ0) is 17.9. The largest absolute Gasteiger partial charge is 0.453 e. The molecule has 4 aromatic carbocycles. The van der Waals surface area contributed by atoms with Crippen LogP contribution in [0.15, 0.2) is 84.9 Å². The van der Waals surface area contributed by atoms with Crippen LogP contribution in [-0.4, -0.2) is 0 Å². The molecule has 4 aromatic rings. The maximum Gasteiger partial charge on any atom is 0.177 e. The van der Waals surface area contributed by atoms with E-state index in [9.17, 15) is 0 Å². The first kappa shape index (κ1) is 15.8. The van der Waals surface area contributed by atoms with Gasteiger partial charge < -0.3 is 20.9 Å². The minimum absolute atomic E-state index is 0.630. The van der Waals surface area contributed by atoms with Gasteiger partial charge in [-0.2, -0.15) is 0 Å². The molecule has 128 valence electrons. The van der Waals surface area contributed by atoms with E-state index in [2.05, 4.69) is 0 Å². The van der Waals surface area contributed by atoms with Gasteiger partial charge in [0, 0.05) is 16.8 Å². The van der Waals surface area contributed by atoms with Crippen molar-refractivity contribution in [3.63, 3.8) is 0 Å². The Bertz CT molecular complexity index is 1040. The Hall–Kier alpha value is -3.66. The lowest BCUT2D eigenvalue weighted by atomic mass is 10.1. The van der Waals surface area contributed by atoms with E-state index in [0.29, 0.717) is 34.4 Å². The maximum atomic E-state index is 6.17. The number of ether oxygens (including phenoxy) is 2. The van der Waals surface area contributed by atoms with Crippen LogP contribution in [0.2, 0.25) is 0 Å². The van der Waals surface area contributed by atoms with E-state index in [4.69, 9.17) is 20.9 Å². The Morgan fingerprint density at radius 1 is 0.538 bits per heavy atom. The van der Waals surface area contributed by atoms with E-state index in [1.165, 1.54) is 0 Å². The Morgan fingerprint density at radius 2 is 1.12 bits per heavy atom. The van der Waals surface area contributed by atoms with Gasteiger partial charge in [0.2, 0.25) is 0 Å². The Morgan fingerprint density at radius 3 is 1.77 bits per heavy atom. The van der Waals surface area contributed by atoms with Gasteiger partial charge in [-0.3, -0.25) is 0 Å². The number of anilines is 2. The summed E-state index contributed by atoms with van der Waals surface area (Å²) in [6.07, 6.45) is 0.